The molecule has 0 amide bonds. The SMILES string of the molecule is CCOc1cc(C=O)ccc1OCCCN1CCCCC1. The normalized spacial score (nSPS) is 15.7. The molecule has 0 saturated carbocycles. The summed E-state index contributed by atoms with van der Waals surface area (Å²) >= 11 is 0. The van der Waals surface area contributed by atoms with Gasteiger partial charge in [-0.25, -0.2) is 0 Å². The lowest BCUT2D eigenvalue weighted by Crippen LogP contribution is -2.31. The van der Waals surface area contributed by atoms with E-state index in [-0.39, 0.29) is 0 Å². The molecule has 0 radical (unpaired) electrons. The third kappa shape index (κ3) is 5.05. The van der Waals surface area contributed by atoms with Crippen LogP contribution >= 0.6 is 0 Å². The van der Waals surface area contributed by atoms with E-state index in [4.69, 9.17) is 9.47 Å². The molecule has 0 unspecified atom stereocenters. The van der Waals surface area contributed by atoms with E-state index < -0.39 is 0 Å². The molecule has 0 spiro atoms. The molecule has 116 valence electrons. The van der Waals surface area contributed by atoms with Crippen molar-refractivity contribution in [1.29, 1.82) is 0 Å². The van der Waals surface area contributed by atoms with E-state index in [2.05, 4.69) is 4.90 Å². The molecule has 0 aliphatic carbocycles. The maximum Gasteiger partial charge on any atom is 0.161 e. The summed E-state index contributed by atoms with van der Waals surface area (Å²) in [6, 6.07) is 5.31. The molecule has 1 heterocycles. The van der Waals surface area contributed by atoms with Crippen molar-refractivity contribution in [3.8, 4) is 11.5 Å². The van der Waals surface area contributed by atoms with Crippen molar-refractivity contribution in [3.05, 3.63) is 23.8 Å². The van der Waals surface area contributed by atoms with E-state index in [1.165, 1.54) is 32.4 Å². The molecule has 0 aromatic heterocycles. The molecule has 1 saturated heterocycles. The Kier molecular flexibility index (Phi) is 6.54. The van der Waals surface area contributed by atoms with Gasteiger partial charge in [-0.05, 0) is 57.5 Å². The quantitative estimate of drug-likeness (QED) is 0.545. The second-order valence-corrected chi connectivity index (χ2v) is 5.36. The standard InChI is InChI=1S/C17H25NO3/c1-2-20-17-13-15(14-19)7-8-16(17)21-12-6-11-18-9-4-3-5-10-18/h7-8,13-14H,2-6,9-12H2,1H3. The summed E-state index contributed by atoms with van der Waals surface area (Å²) in [5.74, 6) is 1.38. The topological polar surface area (TPSA) is 38.8 Å². The zero-order chi connectivity index (χ0) is 14.9. The first-order valence-electron chi connectivity index (χ1n) is 7.90. The lowest BCUT2D eigenvalue weighted by atomic mass is 10.1. The van der Waals surface area contributed by atoms with Crippen LogP contribution in [0.15, 0.2) is 18.2 Å². The van der Waals surface area contributed by atoms with Crippen LogP contribution in [-0.4, -0.2) is 44.0 Å². The number of aldehydes is 1. The van der Waals surface area contributed by atoms with E-state index in [1.807, 2.05) is 13.0 Å². The molecule has 1 aliphatic heterocycles. The zero-order valence-electron chi connectivity index (χ0n) is 12.8. The van der Waals surface area contributed by atoms with Gasteiger partial charge in [0, 0.05) is 12.1 Å². The van der Waals surface area contributed by atoms with E-state index in [0.29, 0.717) is 24.5 Å². The lowest BCUT2D eigenvalue weighted by molar-refractivity contribution is 0.112. The van der Waals surface area contributed by atoms with Crippen molar-refractivity contribution in [2.75, 3.05) is 32.8 Å². The van der Waals surface area contributed by atoms with Crippen molar-refractivity contribution >= 4 is 6.29 Å². The molecule has 4 nitrogen and oxygen atoms in total. The van der Waals surface area contributed by atoms with Gasteiger partial charge in [0.05, 0.1) is 13.2 Å². The second-order valence-electron chi connectivity index (χ2n) is 5.36. The largest absolute Gasteiger partial charge is 0.490 e. The fraction of sp³-hybridized carbons (Fsp3) is 0.588. The highest BCUT2D eigenvalue weighted by molar-refractivity contribution is 5.76. The Morgan fingerprint density at radius 2 is 1.95 bits per heavy atom. The summed E-state index contributed by atoms with van der Waals surface area (Å²) in [6.45, 7) is 6.70. The minimum atomic E-state index is 0.562. The average molecular weight is 291 g/mol. The highest BCUT2D eigenvalue weighted by atomic mass is 16.5. The number of piperidine rings is 1. The van der Waals surface area contributed by atoms with E-state index in [9.17, 15) is 4.79 Å². The van der Waals surface area contributed by atoms with Crippen LogP contribution in [0.1, 0.15) is 43.0 Å². The Bertz CT molecular complexity index is 442. The van der Waals surface area contributed by atoms with Gasteiger partial charge < -0.3 is 14.4 Å². The van der Waals surface area contributed by atoms with Crippen LogP contribution in [0.3, 0.4) is 0 Å². The van der Waals surface area contributed by atoms with Gasteiger partial charge in [-0.2, -0.15) is 0 Å². The molecule has 1 aliphatic rings. The van der Waals surface area contributed by atoms with Crippen molar-refractivity contribution < 1.29 is 14.3 Å². The molecular formula is C17H25NO3. The number of carbonyl (C=O) groups excluding carboxylic acids is 1. The maximum absolute atomic E-state index is 10.8. The summed E-state index contributed by atoms with van der Waals surface area (Å²) < 4.78 is 11.3. The molecule has 1 aromatic rings. The number of hydrogen-bond acceptors (Lipinski definition) is 4. The smallest absolute Gasteiger partial charge is 0.161 e. The van der Waals surface area contributed by atoms with Crippen LogP contribution < -0.4 is 9.47 Å². The summed E-state index contributed by atoms with van der Waals surface area (Å²) in [5.41, 5.74) is 0.610. The predicted octanol–water partition coefficient (Wildman–Crippen LogP) is 3.15. The third-order valence-electron chi connectivity index (χ3n) is 3.73. The minimum Gasteiger partial charge on any atom is -0.490 e. The number of ether oxygens (including phenoxy) is 2. The number of nitrogens with zero attached hydrogens (tertiary/aromatic N) is 1. The van der Waals surface area contributed by atoms with Crippen molar-refractivity contribution in [2.24, 2.45) is 0 Å². The highest BCUT2D eigenvalue weighted by Crippen LogP contribution is 2.28. The van der Waals surface area contributed by atoms with Crippen molar-refractivity contribution in [1.82, 2.24) is 4.90 Å². The summed E-state index contributed by atoms with van der Waals surface area (Å²) in [7, 11) is 0. The summed E-state index contributed by atoms with van der Waals surface area (Å²) in [5, 5.41) is 0. The van der Waals surface area contributed by atoms with Crippen LogP contribution in [-0.2, 0) is 0 Å². The van der Waals surface area contributed by atoms with Gasteiger partial charge in [-0.1, -0.05) is 6.42 Å². The highest BCUT2D eigenvalue weighted by Gasteiger charge is 2.10. The Balaban J connectivity index is 1.80. The monoisotopic (exact) mass is 291 g/mol. The van der Waals surface area contributed by atoms with Crippen LogP contribution in [0.5, 0.6) is 11.5 Å². The number of hydrogen-bond donors (Lipinski definition) is 0. The maximum atomic E-state index is 10.8. The number of likely N-dealkylation sites (tertiary alicyclic amines) is 1. The second kappa shape index (κ2) is 8.67. The molecule has 4 heteroatoms. The Hall–Kier alpha value is -1.55. The minimum absolute atomic E-state index is 0.562. The molecular weight excluding hydrogens is 266 g/mol. The number of rotatable bonds is 8. The van der Waals surface area contributed by atoms with Crippen LogP contribution in [0.2, 0.25) is 0 Å². The van der Waals surface area contributed by atoms with Crippen molar-refractivity contribution in [2.45, 2.75) is 32.6 Å². The molecule has 1 aromatic carbocycles. The molecule has 0 N–H and O–H groups in total. The molecule has 2 rings (SSSR count). The molecule has 0 atom stereocenters. The predicted molar refractivity (Wildman–Crippen MR) is 83.4 cm³/mol. The van der Waals surface area contributed by atoms with Gasteiger partial charge in [-0.15, -0.1) is 0 Å². The van der Waals surface area contributed by atoms with Gasteiger partial charge in [0.2, 0.25) is 0 Å². The Morgan fingerprint density at radius 1 is 1.14 bits per heavy atom. The van der Waals surface area contributed by atoms with E-state index in [1.54, 1.807) is 12.1 Å². The van der Waals surface area contributed by atoms with E-state index in [0.717, 1.165) is 25.0 Å². The lowest BCUT2D eigenvalue weighted by Gasteiger charge is -2.26. The van der Waals surface area contributed by atoms with Gasteiger partial charge in [0.25, 0.3) is 0 Å². The molecule has 1 fully saturated rings. The number of carbonyl (C=O) groups is 1. The van der Waals surface area contributed by atoms with Crippen LogP contribution in [0, 0.1) is 0 Å². The van der Waals surface area contributed by atoms with Crippen LogP contribution in [0.4, 0.5) is 0 Å². The Labute approximate surface area is 127 Å². The number of benzene rings is 1. The Morgan fingerprint density at radius 3 is 2.67 bits per heavy atom. The fourth-order valence-corrected chi connectivity index (χ4v) is 2.64. The summed E-state index contributed by atoms with van der Waals surface area (Å²) in [4.78, 5) is 13.3. The molecule has 21 heavy (non-hydrogen) atoms. The van der Waals surface area contributed by atoms with Gasteiger partial charge in [0.1, 0.15) is 6.29 Å². The third-order valence-corrected chi connectivity index (χ3v) is 3.73. The van der Waals surface area contributed by atoms with Crippen molar-refractivity contribution in [3.63, 3.8) is 0 Å². The van der Waals surface area contributed by atoms with Gasteiger partial charge in [-0.3, -0.25) is 4.79 Å². The van der Waals surface area contributed by atoms with Gasteiger partial charge in [0.15, 0.2) is 11.5 Å². The first kappa shape index (κ1) is 15.8. The van der Waals surface area contributed by atoms with Gasteiger partial charge >= 0.3 is 0 Å². The van der Waals surface area contributed by atoms with Crippen LogP contribution in [0.25, 0.3) is 0 Å². The first-order valence-corrected chi connectivity index (χ1v) is 7.90. The first-order chi connectivity index (χ1) is 10.3. The average Bonchev–Trinajstić information content (AvgIpc) is 2.54. The summed E-state index contributed by atoms with van der Waals surface area (Å²) in [6.07, 6.45) is 5.85. The zero-order valence-corrected chi connectivity index (χ0v) is 12.8. The molecule has 0 bridgehead atoms. The fourth-order valence-electron chi connectivity index (χ4n) is 2.64. The van der Waals surface area contributed by atoms with E-state index >= 15 is 0 Å².